The van der Waals surface area contributed by atoms with Crippen molar-refractivity contribution in [3.05, 3.63) is 24.3 Å². The summed E-state index contributed by atoms with van der Waals surface area (Å²) in [6.45, 7) is 1.71. The van der Waals surface area contributed by atoms with E-state index in [1.54, 1.807) is 19.3 Å². The molecule has 6 heteroatoms. The molecule has 1 fully saturated rings. The third kappa shape index (κ3) is 1.24. The van der Waals surface area contributed by atoms with Gasteiger partial charge >= 0.3 is 0 Å². The first-order valence-electron chi connectivity index (χ1n) is 4.03. The maximum absolute atomic E-state index is 11.6. The first-order valence-corrected chi connectivity index (χ1v) is 4.44. The first-order chi connectivity index (χ1) is 6.63. The summed E-state index contributed by atoms with van der Waals surface area (Å²) in [6, 6.07) is 0. The summed E-state index contributed by atoms with van der Waals surface area (Å²) < 4.78 is 0. The first kappa shape index (κ1) is 9.01. The molecule has 1 saturated heterocycles. The van der Waals surface area contributed by atoms with Gasteiger partial charge in [-0.15, -0.1) is 0 Å². The highest BCUT2D eigenvalue weighted by Gasteiger charge is 2.43. The quantitative estimate of drug-likeness (QED) is 0.620. The molecular formula is C8H8N4OS. The van der Waals surface area contributed by atoms with E-state index in [-0.39, 0.29) is 5.91 Å². The summed E-state index contributed by atoms with van der Waals surface area (Å²) in [6.07, 6.45) is 4.63. The van der Waals surface area contributed by atoms with Gasteiger partial charge in [0.1, 0.15) is 0 Å². The smallest absolute Gasteiger partial charge is 0.257 e. The number of aromatic nitrogens is 2. The molecule has 0 saturated carbocycles. The van der Waals surface area contributed by atoms with Crippen molar-refractivity contribution < 1.29 is 4.79 Å². The number of rotatable bonds is 1. The van der Waals surface area contributed by atoms with Crippen LogP contribution in [0, 0.1) is 0 Å². The Kier molecular flexibility index (Phi) is 1.92. The fraction of sp³-hybridized carbons (Fsp3) is 0.250. The molecule has 2 heterocycles. The molecule has 1 atom stereocenters. The van der Waals surface area contributed by atoms with E-state index in [0.29, 0.717) is 10.8 Å². The average molecular weight is 208 g/mol. The van der Waals surface area contributed by atoms with Gasteiger partial charge in [0, 0.05) is 12.4 Å². The molecule has 1 unspecified atom stereocenters. The molecule has 2 N–H and O–H groups in total. The Morgan fingerprint density at radius 1 is 1.50 bits per heavy atom. The molecule has 0 spiro atoms. The molecule has 1 aliphatic heterocycles. The van der Waals surface area contributed by atoms with Crippen LogP contribution in [0.5, 0.6) is 0 Å². The molecule has 0 aliphatic carbocycles. The number of amides is 1. The number of hydrogen-bond acceptors (Lipinski definition) is 4. The number of hydrogen-bond donors (Lipinski definition) is 2. The van der Waals surface area contributed by atoms with E-state index < -0.39 is 5.54 Å². The largest absolute Gasteiger partial charge is 0.343 e. The summed E-state index contributed by atoms with van der Waals surface area (Å²) in [7, 11) is 0. The Labute approximate surface area is 85.9 Å². The van der Waals surface area contributed by atoms with E-state index in [0.717, 1.165) is 0 Å². The summed E-state index contributed by atoms with van der Waals surface area (Å²) in [5, 5.41) is 5.71. The van der Waals surface area contributed by atoms with Crippen LogP contribution in [0.3, 0.4) is 0 Å². The third-order valence-corrected chi connectivity index (χ3v) is 2.32. The van der Waals surface area contributed by atoms with Crippen LogP contribution in [0.15, 0.2) is 18.6 Å². The molecule has 0 aromatic carbocycles. The zero-order chi connectivity index (χ0) is 10.2. The fourth-order valence-corrected chi connectivity index (χ4v) is 1.58. The fourth-order valence-electron chi connectivity index (χ4n) is 1.28. The average Bonchev–Trinajstić information content (AvgIpc) is 2.43. The van der Waals surface area contributed by atoms with E-state index in [1.807, 2.05) is 0 Å². The van der Waals surface area contributed by atoms with Gasteiger partial charge in [-0.25, -0.2) is 0 Å². The zero-order valence-electron chi connectivity index (χ0n) is 7.44. The highest BCUT2D eigenvalue weighted by Crippen LogP contribution is 2.20. The predicted molar refractivity (Wildman–Crippen MR) is 53.3 cm³/mol. The Bertz CT molecular complexity index is 394. The topological polar surface area (TPSA) is 66.9 Å². The van der Waals surface area contributed by atoms with Crippen molar-refractivity contribution in [3.8, 4) is 0 Å². The van der Waals surface area contributed by atoms with Gasteiger partial charge in [0.05, 0.1) is 11.9 Å². The van der Waals surface area contributed by atoms with E-state index in [9.17, 15) is 4.79 Å². The maximum atomic E-state index is 11.6. The van der Waals surface area contributed by atoms with Crippen molar-refractivity contribution in [1.29, 1.82) is 0 Å². The summed E-state index contributed by atoms with van der Waals surface area (Å²) in [4.78, 5) is 19.6. The van der Waals surface area contributed by atoms with Crippen LogP contribution in [-0.2, 0) is 10.3 Å². The molecule has 1 aromatic heterocycles. The van der Waals surface area contributed by atoms with Crippen molar-refractivity contribution in [1.82, 2.24) is 20.6 Å². The van der Waals surface area contributed by atoms with E-state index in [4.69, 9.17) is 12.2 Å². The van der Waals surface area contributed by atoms with E-state index >= 15 is 0 Å². The normalized spacial score (nSPS) is 25.8. The van der Waals surface area contributed by atoms with Crippen molar-refractivity contribution in [3.63, 3.8) is 0 Å². The lowest BCUT2D eigenvalue weighted by Crippen LogP contribution is -2.41. The number of carbonyl (C=O) groups excluding carboxylic acids is 1. The number of carbonyl (C=O) groups is 1. The summed E-state index contributed by atoms with van der Waals surface area (Å²) in [5.41, 5.74) is -0.344. The van der Waals surface area contributed by atoms with Crippen LogP contribution in [0.25, 0.3) is 0 Å². The van der Waals surface area contributed by atoms with Gasteiger partial charge in [-0.3, -0.25) is 14.8 Å². The lowest BCUT2D eigenvalue weighted by Gasteiger charge is -2.19. The van der Waals surface area contributed by atoms with Crippen LogP contribution in [0.2, 0.25) is 0 Å². The minimum atomic E-state index is -0.897. The van der Waals surface area contributed by atoms with Gasteiger partial charge in [-0.05, 0) is 19.1 Å². The summed E-state index contributed by atoms with van der Waals surface area (Å²) >= 11 is 4.85. The lowest BCUT2D eigenvalue weighted by atomic mass is 9.99. The Balaban J connectivity index is 2.43. The minimum absolute atomic E-state index is 0.206. The number of thiocarbonyl (C=S) groups is 1. The molecule has 1 amide bonds. The van der Waals surface area contributed by atoms with E-state index in [1.165, 1.54) is 6.20 Å². The third-order valence-electron chi connectivity index (χ3n) is 2.12. The molecule has 0 bridgehead atoms. The second kappa shape index (κ2) is 2.98. The number of nitrogens with one attached hydrogen (secondary N) is 2. The highest BCUT2D eigenvalue weighted by molar-refractivity contribution is 7.80. The standard InChI is InChI=1S/C8H8N4OS/c1-8(5-4-9-2-3-10-5)6(13)11-7(14)12-8/h2-4H,1H3,(H2,11,12,13,14). The lowest BCUT2D eigenvalue weighted by molar-refractivity contribution is -0.123. The summed E-state index contributed by atoms with van der Waals surface area (Å²) in [5.74, 6) is -0.206. The highest BCUT2D eigenvalue weighted by atomic mass is 32.1. The molecular weight excluding hydrogens is 200 g/mol. The van der Waals surface area contributed by atoms with Crippen LogP contribution < -0.4 is 10.6 Å². The molecule has 0 radical (unpaired) electrons. The van der Waals surface area contributed by atoms with Crippen LogP contribution in [0.1, 0.15) is 12.6 Å². The second-order valence-corrected chi connectivity index (χ2v) is 3.53. The Morgan fingerprint density at radius 3 is 2.79 bits per heavy atom. The van der Waals surface area contributed by atoms with Crippen LogP contribution in [0.4, 0.5) is 0 Å². The second-order valence-electron chi connectivity index (χ2n) is 3.12. The molecule has 14 heavy (non-hydrogen) atoms. The van der Waals surface area contributed by atoms with E-state index in [2.05, 4.69) is 20.6 Å². The van der Waals surface area contributed by atoms with Gasteiger partial charge in [-0.1, -0.05) is 0 Å². The van der Waals surface area contributed by atoms with Gasteiger partial charge in [0.2, 0.25) is 0 Å². The van der Waals surface area contributed by atoms with Gasteiger partial charge in [-0.2, -0.15) is 0 Å². The molecule has 2 rings (SSSR count). The molecule has 72 valence electrons. The Morgan fingerprint density at radius 2 is 2.29 bits per heavy atom. The van der Waals surface area contributed by atoms with Gasteiger partial charge in [0.25, 0.3) is 5.91 Å². The molecule has 1 aromatic rings. The SMILES string of the molecule is CC1(c2cnccn2)NC(=S)NC1=O. The van der Waals surface area contributed by atoms with Crippen LogP contribution in [-0.4, -0.2) is 21.0 Å². The van der Waals surface area contributed by atoms with Crippen molar-refractivity contribution in [2.24, 2.45) is 0 Å². The van der Waals surface area contributed by atoms with Gasteiger partial charge < -0.3 is 10.6 Å². The van der Waals surface area contributed by atoms with Crippen molar-refractivity contribution in [2.45, 2.75) is 12.5 Å². The predicted octanol–water partition coefficient (Wildman–Crippen LogP) is -0.304. The van der Waals surface area contributed by atoms with Gasteiger partial charge in [0.15, 0.2) is 10.7 Å². The monoisotopic (exact) mass is 208 g/mol. The Hall–Kier alpha value is -1.56. The van der Waals surface area contributed by atoms with Crippen molar-refractivity contribution >= 4 is 23.2 Å². The number of nitrogens with zero attached hydrogens (tertiary/aromatic N) is 2. The maximum Gasteiger partial charge on any atom is 0.257 e. The zero-order valence-corrected chi connectivity index (χ0v) is 8.26. The molecule has 5 nitrogen and oxygen atoms in total. The van der Waals surface area contributed by atoms with Crippen molar-refractivity contribution in [2.75, 3.05) is 0 Å². The van der Waals surface area contributed by atoms with Crippen LogP contribution >= 0.6 is 12.2 Å². The molecule has 1 aliphatic rings. The minimum Gasteiger partial charge on any atom is -0.343 e.